The van der Waals surface area contributed by atoms with Crippen LogP contribution in [0.5, 0.6) is 5.75 Å². The van der Waals surface area contributed by atoms with E-state index in [4.69, 9.17) is 4.74 Å². The van der Waals surface area contributed by atoms with Crippen molar-refractivity contribution in [3.05, 3.63) is 78.5 Å². The maximum Gasteiger partial charge on any atom is 0.264 e. The topological polar surface area (TPSA) is 88.6 Å². The molecule has 0 spiro atoms. The number of carbonyl (C=O) groups excluding carboxylic acids is 1. The summed E-state index contributed by atoms with van der Waals surface area (Å²) >= 11 is 1.52. The van der Waals surface area contributed by atoms with Gasteiger partial charge < -0.3 is 10.1 Å². The molecule has 174 valence electrons. The Morgan fingerprint density at radius 2 is 1.79 bits per heavy atom. The van der Waals surface area contributed by atoms with E-state index in [0.29, 0.717) is 30.3 Å². The number of nitrogens with one attached hydrogen (secondary N) is 1. The Hall–Kier alpha value is -3.04. The Kier molecular flexibility index (Phi) is 8.73. The van der Waals surface area contributed by atoms with Gasteiger partial charge in [0.15, 0.2) is 0 Å². The lowest BCUT2D eigenvalue weighted by Crippen LogP contribution is -2.41. The minimum absolute atomic E-state index is 0.125. The fraction of sp³-hybridized carbons (Fsp3) is 0.250. The van der Waals surface area contributed by atoms with Crippen molar-refractivity contribution in [3.63, 3.8) is 0 Å². The average Bonchev–Trinajstić information content (AvgIpc) is 2.82. The van der Waals surface area contributed by atoms with Crippen LogP contribution in [0.1, 0.15) is 12.5 Å². The monoisotopic (exact) mass is 485 g/mol. The lowest BCUT2D eigenvalue weighted by Gasteiger charge is -2.24. The molecule has 3 rings (SSSR count). The third-order valence-corrected chi connectivity index (χ3v) is 7.38. The van der Waals surface area contributed by atoms with Crippen LogP contribution in [0.3, 0.4) is 0 Å². The molecule has 1 N–H and O–H groups in total. The van der Waals surface area contributed by atoms with E-state index in [-0.39, 0.29) is 17.3 Å². The van der Waals surface area contributed by atoms with Gasteiger partial charge in [-0.25, -0.2) is 13.4 Å². The Balaban J connectivity index is 1.73. The number of rotatable bonds is 11. The first-order valence-corrected chi connectivity index (χ1v) is 13.0. The van der Waals surface area contributed by atoms with Crippen LogP contribution in [0.25, 0.3) is 0 Å². The van der Waals surface area contributed by atoms with Crippen LogP contribution in [0, 0.1) is 6.92 Å². The second-order valence-electron chi connectivity index (χ2n) is 7.12. The highest BCUT2D eigenvalue weighted by molar-refractivity contribution is 7.99. The summed E-state index contributed by atoms with van der Waals surface area (Å²) in [5.41, 5.74) is 1.33. The summed E-state index contributed by atoms with van der Waals surface area (Å²) in [6, 6.07) is 18.9. The normalized spacial score (nSPS) is 11.1. The van der Waals surface area contributed by atoms with Crippen molar-refractivity contribution in [2.75, 3.05) is 29.8 Å². The summed E-state index contributed by atoms with van der Waals surface area (Å²) < 4.78 is 33.4. The predicted molar refractivity (Wildman–Crippen MR) is 131 cm³/mol. The van der Waals surface area contributed by atoms with Crippen molar-refractivity contribution >= 4 is 33.4 Å². The Labute approximate surface area is 199 Å². The summed E-state index contributed by atoms with van der Waals surface area (Å²) in [5.74, 6) is 0.863. The summed E-state index contributed by atoms with van der Waals surface area (Å²) in [6.07, 6.45) is 1.71. The lowest BCUT2D eigenvalue weighted by atomic mass is 10.2. The molecule has 0 saturated heterocycles. The summed E-state index contributed by atoms with van der Waals surface area (Å²) in [7, 11) is -3.95. The van der Waals surface area contributed by atoms with Gasteiger partial charge in [-0.15, -0.1) is 11.8 Å². The molecule has 0 saturated carbocycles. The number of hydrogen-bond donors (Lipinski definition) is 1. The van der Waals surface area contributed by atoms with E-state index in [0.717, 1.165) is 14.9 Å². The van der Waals surface area contributed by atoms with Gasteiger partial charge in [0.1, 0.15) is 12.3 Å². The zero-order valence-corrected chi connectivity index (χ0v) is 20.2. The van der Waals surface area contributed by atoms with Gasteiger partial charge in [-0.2, -0.15) is 0 Å². The van der Waals surface area contributed by atoms with Gasteiger partial charge in [0.2, 0.25) is 5.91 Å². The molecule has 0 unspecified atom stereocenters. The zero-order valence-electron chi connectivity index (χ0n) is 18.6. The molecule has 0 aliphatic rings. The molecule has 33 heavy (non-hydrogen) atoms. The third kappa shape index (κ3) is 6.97. The fourth-order valence-corrected chi connectivity index (χ4v) is 5.14. The van der Waals surface area contributed by atoms with Gasteiger partial charge >= 0.3 is 0 Å². The molecule has 1 heterocycles. The Morgan fingerprint density at radius 1 is 1.06 bits per heavy atom. The number of pyridine rings is 1. The number of ether oxygens (including phenoxy) is 1. The Morgan fingerprint density at radius 3 is 2.42 bits per heavy atom. The van der Waals surface area contributed by atoms with Gasteiger partial charge in [0.05, 0.1) is 22.2 Å². The molecule has 0 fully saturated rings. The number of carbonyl (C=O) groups is 1. The van der Waals surface area contributed by atoms with Crippen molar-refractivity contribution in [2.45, 2.75) is 23.8 Å². The second-order valence-corrected chi connectivity index (χ2v) is 10.1. The number of benzene rings is 2. The molecule has 0 radical (unpaired) electrons. The lowest BCUT2D eigenvalue weighted by molar-refractivity contribution is -0.119. The highest BCUT2D eigenvalue weighted by Crippen LogP contribution is 2.26. The van der Waals surface area contributed by atoms with Crippen LogP contribution in [0.2, 0.25) is 0 Å². The SMILES string of the molecule is CCOc1ccc(N(CC(=O)NCCSc2ccccn2)S(=O)(=O)c2ccc(C)cc2)cc1. The predicted octanol–water partition coefficient (Wildman–Crippen LogP) is 3.89. The van der Waals surface area contributed by atoms with Crippen LogP contribution in [0.15, 0.2) is 82.8 Å². The molecular formula is C24H27N3O4S2. The molecule has 2 aromatic carbocycles. The number of hydrogen-bond acceptors (Lipinski definition) is 6. The first-order chi connectivity index (χ1) is 15.9. The largest absolute Gasteiger partial charge is 0.494 e. The van der Waals surface area contributed by atoms with Crippen molar-refractivity contribution in [1.29, 1.82) is 0 Å². The zero-order chi connectivity index (χ0) is 23.7. The third-order valence-electron chi connectivity index (χ3n) is 4.64. The van der Waals surface area contributed by atoms with Gasteiger partial charge in [-0.3, -0.25) is 9.10 Å². The van der Waals surface area contributed by atoms with Crippen LogP contribution in [0.4, 0.5) is 5.69 Å². The van der Waals surface area contributed by atoms with Gasteiger partial charge in [-0.05, 0) is 62.4 Å². The average molecular weight is 486 g/mol. The van der Waals surface area contributed by atoms with Crippen molar-refractivity contribution in [2.24, 2.45) is 0 Å². The molecule has 7 nitrogen and oxygen atoms in total. The first-order valence-electron chi connectivity index (χ1n) is 10.5. The Bertz CT molecular complexity index is 1140. The van der Waals surface area contributed by atoms with Crippen LogP contribution in [-0.4, -0.2) is 44.8 Å². The van der Waals surface area contributed by atoms with Crippen LogP contribution < -0.4 is 14.4 Å². The molecule has 1 amide bonds. The number of sulfonamides is 1. The van der Waals surface area contributed by atoms with E-state index in [1.807, 2.05) is 32.0 Å². The van der Waals surface area contributed by atoms with Gasteiger partial charge in [0.25, 0.3) is 10.0 Å². The van der Waals surface area contributed by atoms with E-state index < -0.39 is 10.0 Å². The molecule has 0 bridgehead atoms. The molecule has 3 aromatic rings. The van der Waals surface area contributed by atoms with E-state index in [9.17, 15) is 13.2 Å². The van der Waals surface area contributed by atoms with E-state index in [1.54, 1.807) is 54.7 Å². The number of anilines is 1. The van der Waals surface area contributed by atoms with Gasteiger partial charge in [-0.1, -0.05) is 23.8 Å². The van der Waals surface area contributed by atoms with Crippen molar-refractivity contribution in [1.82, 2.24) is 10.3 Å². The van der Waals surface area contributed by atoms with Crippen molar-refractivity contribution in [3.8, 4) is 5.75 Å². The number of aromatic nitrogens is 1. The first kappa shape index (κ1) is 24.6. The minimum atomic E-state index is -3.95. The van der Waals surface area contributed by atoms with Crippen molar-refractivity contribution < 1.29 is 17.9 Å². The van der Waals surface area contributed by atoms with E-state index in [2.05, 4.69) is 10.3 Å². The smallest absolute Gasteiger partial charge is 0.264 e. The summed E-state index contributed by atoms with van der Waals surface area (Å²) in [6.45, 7) is 4.32. The summed E-state index contributed by atoms with van der Waals surface area (Å²) in [5, 5.41) is 3.66. The molecule has 0 aliphatic heterocycles. The second kappa shape index (κ2) is 11.7. The van der Waals surface area contributed by atoms with Crippen LogP contribution >= 0.6 is 11.8 Å². The highest BCUT2D eigenvalue weighted by Gasteiger charge is 2.27. The molecule has 1 aromatic heterocycles. The maximum atomic E-state index is 13.4. The maximum absolute atomic E-state index is 13.4. The molecule has 0 atom stereocenters. The minimum Gasteiger partial charge on any atom is -0.494 e. The number of aryl methyl sites for hydroxylation is 1. The van der Waals surface area contributed by atoms with Crippen LogP contribution in [-0.2, 0) is 14.8 Å². The van der Waals surface area contributed by atoms with E-state index in [1.165, 1.54) is 11.8 Å². The standard InChI is InChI=1S/C24H27N3O4S2/c1-3-31-21-11-9-20(10-12-21)27(33(29,30)22-13-7-19(2)8-14-22)18-23(28)25-16-17-32-24-6-4-5-15-26-24/h4-15H,3,16-18H2,1-2H3,(H,25,28). The number of nitrogens with zero attached hydrogens (tertiary/aromatic N) is 2. The quantitative estimate of drug-likeness (QED) is 0.327. The van der Waals surface area contributed by atoms with Gasteiger partial charge in [0, 0.05) is 18.5 Å². The fourth-order valence-electron chi connectivity index (χ4n) is 2.99. The molecular weight excluding hydrogens is 458 g/mol. The summed E-state index contributed by atoms with van der Waals surface area (Å²) in [4.78, 5) is 17.0. The molecule has 0 aliphatic carbocycles. The van der Waals surface area contributed by atoms with E-state index >= 15 is 0 Å². The highest BCUT2D eigenvalue weighted by atomic mass is 32.2. The molecule has 9 heteroatoms. The number of amides is 1. The number of thioether (sulfide) groups is 1.